The molecule has 4 rings (SSSR count). The topological polar surface area (TPSA) is 86.7 Å². The fourth-order valence-electron chi connectivity index (χ4n) is 4.62. The Morgan fingerprint density at radius 1 is 1.00 bits per heavy atom. The van der Waals surface area contributed by atoms with Gasteiger partial charge in [-0.05, 0) is 72.6 Å². The number of nitrogens with one attached hydrogen (secondary N) is 1. The highest BCUT2D eigenvalue weighted by Gasteiger charge is 2.24. The Hall–Kier alpha value is -3.32. The van der Waals surface area contributed by atoms with E-state index in [1.807, 2.05) is 19.9 Å². The van der Waals surface area contributed by atoms with Gasteiger partial charge in [0.05, 0.1) is 16.1 Å². The van der Waals surface area contributed by atoms with Crippen molar-refractivity contribution in [3.05, 3.63) is 89.5 Å². The molecule has 0 spiro atoms. The smallest absolute Gasteiger partial charge is 0.337 e. The van der Waals surface area contributed by atoms with Crippen molar-refractivity contribution in [3.63, 3.8) is 0 Å². The molecule has 3 aromatic rings. The summed E-state index contributed by atoms with van der Waals surface area (Å²) in [7, 11) is -3.83. The van der Waals surface area contributed by atoms with Gasteiger partial charge in [0.2, 0.25) is 0 Å². The standard InChI is InChI=1S/C28H32N2O4S/c1-20(2)23-8-11-25(12-9-23)35(33,34)29-24-10-13-27(26(19-24)28(31)32)30-16-14-22(15-17-30)18-21-6-4-3-5-7-21/h3-13,19-20,22,29H,14-18H2,1-2H3,(H,31,32). The zero-order valence-corrected chi connectivity index (χ0v) is 21.0. The monoisotopic (exact) mass is 492 g/mol. The van der Waals surface area contributed by atoms with E-state index >= 15 is 0 Å². The number of rotatable bonds is 8. The number of nitrogens with zero attached hydrogens (tertiary/aromatic N) is 1. The first-order chi connectivity index (χ1) is 16.7. The zero-order valence-electron chi connectivity index (χ0n) is 20.1. The summed E-state index contributed by atoms with van der Waals surface area (Å²) in [5, 5.41) is 9.86. The second-order valence-electron chi connectivity index (χ2n) is 9.49. The van der Waals surface area contributed by atoms with E-state index in [1.54, 1.807) is 36.4 Å². The Kier molecular flexibility index (Phi) is 7.45. The van der Waals surface area contributed by atoms with Gasteiger partial charge >= 0.3 is 5.97 Å². The number of piperidine rings is 1. The molecule has 2 N–H and O–H groups in total. The van der Waals surface area contributed by atoms with Crippen molar-refractivity contribution in [2.45, 2.75) is 43.9 Å². The first-order valence-corrected chi connectivity index (χ1v) is 13.5. The van der Waals surface area contributed by atoms with Crippen LogP contribution in [0.3, 0.4) is 0 Å². The van der Waals surface area contributed by atoms with E-state index in [9.17, 15) is 18.3 Å². The average molecular weight is 493 g/mol. The van der Waals surface area contributed by atoms with E-state index in [4.69, 9.17) is 0 Å². The molecule has 0 radical (unpaired) electrons. The number of carbonyl (C=O) groups is 1. The Bertz CT molecular complexity index is 1260. The molecule has 1 aliphatic heterocycles. The molecular formula is C28H32N2O4S. The van der Waals surface area contributed by atoms with E-state index in [0.29, 0.717) is 17.5 Å². The zero-order chi connectivity index (χ0) is 25.0. The molecule has 7 heteroatoms. The lowest BCUT2D eigenvalue weighted by Crippen LogP contribution is -2.35. The number of carboxylic acids is 1. The SMILES string of the molecule is CC(C)c1ccc(S(=O)(=O)Nc2ccc(N3CCC(Cc4ccccc4)CC3)c(C(=O)O)c2)cc1. The molecule has 0 saturated carbocycles. The maximum atomic E-state index is 12.9. The Morgan fingerprint density at radius 2 is 1.66 bits per heavy atom. The number of sulfonamides is 1. The van der Waals surface area contributed by atoms with Crippen molar-refractivity contribution in [1.82, 2.24) is 0 Å². The molecule has 0 unspecified atom stereocenters. The predicted octanol–water partition coefficient (Wildman–Crippen LogP) is 5.77. The fraction of sp³-hybridized carbons (Fsp3) is 0.321. The Morgan fingerprint density at radius 3 is 2.26 bits per heavy atom. The van der Waals surface area contributed by atoms with Gasteiger partial charge < -0.3 is 10.0 Å². The van der Waals surface area contributed by atoms with Crippen molar-refractivity contribution < 1.29 is 18.3 Å². The van der Waals surface area contributed by atoms with Gasteiger partial charge in [-0.15, -0.1) is 0 Å². The summed E-state index contributed by atoms with van der Waals surface area (Å²) in [4.78, 5) is 14.3. The van der Waals surface area contributed by atoms with Crippen LogP contribution in [0.25, 0.3) is 0 Å². The lowest BCUT2D eigenvalue weighted by Gasteiger charge is -2.34. The highest BCUT2D eigenvalue weighted by atomic mass is 32.2. The minimum atomic E-state index is -3.83. The van der Waals surface area contributed by atoms with Gasteiger partial charge in [0.15, 0.2) is 0 Å². The van der Waals surface area contributed by atoms with E-state index in [-0.39, 0.29) is 16.1 Å². The van der Waals surface area contributed by atoms with Crippen molar-refractivity contribution in [2.24, 2.45) is 5.92 Å². The minimum absolute atomic E-state index is 0.0989. The van der Waals surface area contributed by atoms with Gasteiger partial charge in [0.25, 0.3) is 10.0 Å². The molecule has 0 aliphatic carbocycles. The highest BCUT2D eigenvalue weighted by Crippen LogP contribution is 2.31. The number of hydrogen-bond donors (Lipinski definition) is 2. The molecule has 6 nitrogen and oxygen atoms in total. The van der Waals surface area contributed by atoms with Crippen LogP contribution < -0.4 is 9.62 Å². The van der Waals surface area contributed by atoms with Gasteiger partial charge in [-0.3, -0.25) is 4.72 Å². The molecule has 184 valence electrons. The van der Waals surface area contributed by atoms with E-state index in [2.05, 4.69) is 33.9 Å². The van der Waals surface area contributed by atoms with Crippen LogP contribution in [-0.2, 0) is 16.4 Å². The van der Waals surface area contributed by atoms with E-state index in [1.165, 1.54) is 11.6 Å². The third-order valence-electron chi connectivity index (χ3n) is 6.66. The van der Waals surface area contributed by atoms with Crippen LogP contribution in [0, 0.1) is 5.92 Å². The molecule has 0 aromatic heterocycles. The lowest BCUT2D eigenvalue weighted by atomic mass is 9.90. The van der Waals surface area contributed by atoms with Gasteiger partial charge in [-0.2, -0.15) is 0 Å². The second-order valence-corrected chi connectivity index (χ2v) is 11.2. The largest absolute Gasteiger partial charge is 0.478 e. The summed E-state index contributed by atoms with van der Waals surface area (Å²) in [5.41, 5.74) is 3.33. The number of carboxylic acid groups (broad SMARTS) is 1. The maximum Gasteiger partial charge on any atom is 0.337 e. The molecule has 0 atom stereocenters. The summed E-state index contributed by atoms with van der Waals surface area (Å²) in [6.45, 7) is 5.63. The van der Waals surface area contributed by atoms with Crippen LogP contribution in [0.4, 0.5) is 11.4 Å². The molecule has 1 fully saturated rings. The maximum absolute atomic E-state index is 12.9. The van der Waals surface area contributed by atoms with Gasteiger partial charge in [0.1, 0.15) is 0 Å². The van der Waals surface area contributed by atoms with Crippen LogP contribution in [-0.4, -0.2) is 32.6 Å². The normalized spacial score (nSPS) is 14.8. The predicted molar refractivity (Wildman–Crippen MR) is 140 cm³/mol. The van der Waals surface area contributed by atoms with Crippen LogP contribution in [0.15, 0.2) is 77.7 Å². The summed E-state index contributed by atoms with van der Waals surface area (Å²) in [5.74, 6) is -0.211. The lowest BCUT2D eigenvalue weighted by molar-refractivity contribution is 0.0697. The number of aromatic carboxylic acids is 1. The number of anilines is 2. The second kappa shape index (κ2) is 10.5. The summed E-state index contributed by atoms with van der Waals surface area (Å²) in [6.07, 6.45) is 2.99. The van der Waals surface area contributed by atoms with Crippen LogP contribution in [0.2, 0.25) is 0 Å². The molecule has 3 aromatic carbocycles. The van der Waals surface area contributed by atoms with E-state index in [0.717, 1.165) is 37.9 Å². The highest BCUT2D eigenvalue weighted by molar-refractivity contribution is 7.92. The molecule has 0 amide bonds. The van der Waals surface area contributed by atoms with Crippen LogP contribution >= 0.6 is 0 Å². The molecule has 1 saturated heterocycles. The minimum Gasteiger partial charge on any atom is -0.478 e. The van der Waals surface area contributed by atoms with Crippen LogP contribution in [0.5, 0.6) is 0 Å². The molecular weight excluding hydrogens is 460 g/mol. The Balaban J connectivity index is 1.47. The first-order valence-electron chi connectivity index (χ1n) is 12.0. The third kappa shape index (κ3) is 6.03. The summed E-state index contributed by atoms with van der Waals surface area (Å²) < 4.78 is 28.3. The van der Waals surface area contributed by atoms with Crippen molar-refractivity contribution in [1.29, 1.82) is 0 Å². The molecule has 1 heterocycles. The van der Waals surface area contributed by atoms with Crippen molar-refractivity contribution in [3.8, 4) is 0 Å². The number of hydrogen-bond acceptors (Lipinski definition) is 4. The van der Waals surface area contributed by atoms with Gasteiger partial charge in [0, 0.05) is 18.8 Å². The summed E-state index contributed by atoms with van der Waals surface area (Å²) in [6, 6.07) is 21.9. The van der Waals surface area contributed by atoms with Gasteiger partial charge in [-0.1, -0.05) is 56.3 Å². The number of benzene rings is 3. The Labute approximate surface area is 207 Å². The van der Waals surface area contributed by atoms with Crippen LogP contribution in [0.1, 0.15) is 54.1 Å². The third-order valence-corrected chi connectivity index (χ3v) is 8.06. The fourth-order valence-corrected chi connectivity index (χ4v) is 5.67. The molecule has 35 heavy (non-hydrogen) atoms. The first kappa shape index (κ1) is 24.8. The van der Waals surface area contributed by atoms with Gasteiger partial charge in [-0.25, -0.2) is 13.2 Å². The van der Waals surface area contributed by atoms with Crippen molar-refractivity contribution in [2.75, 3.05) is 22.7 Å². The molecule has 0 bridgehead atoms. The average Bonchev–Trinajstić information content (AvgIpc) is 2.85. The summed E-state index contributed by atoms with van der Waals surface area (Å²) >= 11 is 0. The quantitative estimate of drug-likeness (QED) is 0.417. The molecule has 1 aliphatic rings. The van der Waals surface area contributed by atoms with Crippen molar-refractivity contribution >= 4 is 27.4 Å². The van der Waals surface area contributed by atoms with E-state index < -0.39 is 16.0 Å².